The highest BCUT2D eigenvalue weighted by atomic mass is 16.5. The summed E-state index contributed by atoms with van der Waals surface area (Å²) in [5.41, 5.74) is 5.91. The lowest BCUT2D eigenvalue weighted by Gasteiger charge is -2.33. The minimum atomic E-state index is 0.0534. The number of ether oxygens (including phenoxy) is 1. The van der Waals surface area contributed by atoms with Gasteiger partial charge in [-0.05, 0) is 63.5 Å². The van der Waals surface area contributed by atoms with Crippen LogP contribution in [0.4, 0.5) is 5.95 Å². The van der Waals surface area contributed by atoms with Crippen LogP contribution in [0, 0.1) is 19.8 Å². The molecule has 3 aliphatic rings. The molecule has 0 aromatic carbocycles. The Morgan fingerprint density at radius 3 is 2.88 bits per heavy atom. The van der Waals surface area contributed by atoms with Crippen molar-refractivity contribution >= 4 is 5.95 Å². The van der Waals surface area contributed by atoms with Crippen LogP contribution in [-0.4, -0.2) is 51.8 Å². The molecule has 7 heteroatoms. The fraction of sp³-hybridized carbons (Fsp3) is 0.680. The number of hydrogen-bond acceptors (Lipinski definition) is 5. The molecule has 0 saturated carbocycles. The van der Waals surface area contributed by atoms with Gasteiger partial charge in [0, 0.05) is 62.8 Å². The molecule has 2 fully saturated rings. The van der Waals surface area contributed by atoms with Gasteiger partial charge in [0.1, 0.15) is 0 Å². The van der Waals surface area contributed by atoms with Gasteiger partial charge in [0.2, 0.25) is 5.95 Å². The standard InChI is InChI=1S/C25H37N5O2/c1-17-6-4-9-29(13-17)25-26-23-16-28(10-8-22(23)24(31)27-25)14-20-12-18(2)30(19(20)3)15-21-7-5-11-32-21/h12,17,21H,4-11,13-16H2,1-3H3,(H,26,27,31)/t17-,21+/m0/s1. The number of fused-ring (bicyclic) bond motifs is 1. The molecular weight excluding hydrogens is 402 g/mol. The van der Waals surface area contributed by atoms with Crippen molar-refractivity contribution in [2.24, 2.45) is 5.92 Å². The van der Waals surface area contributed by atoms with E-state index in [-0.39, 0.29) is 5.56 Å². The van der Waals surface area contributed by atoms with E-state index in [0.29, 0.717) is 12.0 Å². The first-order valence-electron chi connectivity index (χ1n) is 12.3. The summed E-state index contributed by atoms with van der Waals surface area (Å²) in [4.78, 5) is 25.5. The van der Waals surface area contributed by atoms with Gasteiger partial charge in [-0.1, -0.05) is 6.92 Å². The zero-order valence-electron chi connectivity index (χ0n) is 19.8. The molecule has 2 aromatic rings. The molecule has 0 aliphatic carbocycles. The fourth-order valence-electron chi connectivity index (χ4n) is 5.69. The zero-order valence-corrected chi connectivity index (χ0v) is 19.8. The molecule has 0 bridgehead atoms. The molecule has 32 heavy (non-hydrogen) atoms. The second-order valence-corrected chi connectivity index (χ2v) is 10.1. The SMILES string of the molecule is Cc1cc(CN2CCc3c(nc(N4CCC[C@H](C)C4)[nH]c3=O)C2)c(C)n1C[C@H]1CCCO1. The average Bonchev–Trinajstić information content (AvgIpc) is 3.38. The van der Waals surface area contributed by atoms with E-state index >= 15 is 0 Å². The number of hydrogen-bond donors (Lipinski definition) is 1. The number of rotatable bonds is 5. The van der Waals surface area contributed by atoms with Crippen LogP contribution in [0.25, 0.3) is 0 Å². The van der Waals surface area contributed by atoms with Crippen molar-refractivity contribution in [2.75, 3.05) is 31.1 Å². The van der Waals surface area contributed by atoms with E-state index in [2.05, 4.69) is 46.2 Å². The summed E-state index contributed by atoms with van der Waals surface area (Å²) in [5, 5.41) is 0. The predicted molar refractivity (Wildman–Crippen MR) is 126 cm³/mol. The highest BCUT2D eigenvalue weighted by Gasteiger charge is 2.26. The molecule has 2 aromatic heterocycles. The van der Waals surface area contributed by atoms with Crippen LogP contribution in [0.15, 0.2) is 10.9 Å². The monoisotopic (exact) mass is 439 g/mol. The molecule has 7 nitrogen and oxygen atoms in total. The lowest BCUT2D eigenvalue weighted by Crippen LogP contribution is -2.39. The maximum Gasteiger partial charge on any atom is 0.255 e. The predicted octanol–water partition coefficient (Wildman–Crippen LogP) is 3.16. The van der Waals surface area contributed by atoms with Crippen molar-refractivity contribution in [3.63, 3.8) is 0 Å². The van der Waals surface area contributed by atoms with Crippen LogP contribution in [0.3, 0.4) is 0 Å². The average molecular weight is 440 g/mol. The Hall–Kier alpha value is -2.12. The van der Waals surface area contributed by atoms with Crippen molar-refractivity contribution in [1.82, 2.24) is 19.4 Å². The summed E-state index contributed by atoms with van der Waals surface area (Å²) >= 11 is 0. The van der Waals surface area contributed by atoms with E-state index < -0.39 is 0 Å². The highest BCUT2D eigenvalue weighted by molar-refractivity contribution is 5.35. The third-order valence-electron chi connectivity index (χ3n) is 7.58. The van der Waals surface area contributed by atoms with E-state index in [0.717, 1.165) is 82.3 Å². The van der Waals surface area contributed by atoms with Gasteiger partial charge in [-0.3, -0.25) is 14.7 Å². The van der Waals surface area contributed by atoms with Gasteiger partial charge in [-0.25, -0.2) is 4.98 Å². The van der Waals surface area contributed by atoms with Gasteiger partial charge in [0.05, 0.1) is 11.8 Å². The molecule has 1 N–H and O–H groups in total. The maximum absolute atomic E-state index is 12.8. The topological polar surface area (TPSA) is 66.4 Å². The lowest BCUT2D eigenvalue weighted by atomic mass is 10.0. The van der Waals surface area contributed by atoms with Crippen LogP contribution >= 0.6 is 0 Å². The first kappa shape index (κ1) is 21.7. The molecule has 5 rings (SSSR count). The minimum absolute atomic E-state index is 0.0534. The van der Waals surface area contributed by atoms with Crippen LogP contribution in [0.1, 0.15) is 60.8 Å². The van der Waals surface area contributed by atoms with Crippen LogP contribution < -0.4 is 10.5 Å². The molecule has 0 unspecified atom stereocenters. The first-order chi connectivity index (χ1) is 15.5. The molecule has 2 saturated heterocycles. The molecule has 5 heterocycles. The second kappa shape index (κ2) is 9.02. The third kappa shape index (κ3) is 4.37. The van der Waals surface area contributed by atoms with Crippen molar-refractivity contribution in [3.8, 4) is 0 Å². The largest absolute Gasteiger partial charge is 0.376 e. The second-order valence-electron chi connectivity index (χ2n) is 10.1. The van der Waals surface area contributed by atoms with Gasteiger partial charge >= 0.3 is 0 Å². The smallest absolute Gasteiger partial charge is 0.255 e. The Kier molecular flexibility index (Phi) is 6.12. The van der Waals surface area contributed by atoms with E-state index in [1.165, 1.54) is 29.8 Å². The summed E-state index contributed by atoms with van der Waals surface area (Å²) in [6.45, 7) is 13.0. The van der Waals surface area contributed by atoms with Gasteiger partial charge in [0.15, 0.2) is 0 Å². The molecule has 2 atom stereocenters. The maximum atomic E-state index is 12.8. The number of H-pyrrole nitrogens is 1. The number of nitrogens with one attached hydrogen (secondary N) is 1. The summed E-state index contributed by atoms with van der Waals surface area (Å²) in [7, 11) is 0. The van der Waals surface area contributed by atoms with E-state index in [1.54, 1.807) is 0 Å². The Bertz CT molecular complexity index is 1020. The van der Waals surface area contributed by atoms with Crippen molar-refractivity contribution in [1.29, 1.82) is 0 Å². The summed E-state index contributed by atoms with van der Waals surface area (Å²) in [6, 6.07) is 2.32. The summed E-state index contributed by atoms with van der Waals surface area (Å²) in [5.74, 6) is 1.41. The summed E-state index contributed by atoms with van der Waals surface area (Å²) in [6.07, 6.45) is 5.87. The lowest BCUT2D eigenvalue weighted by molar-refractivity contribution is 0.0961. The van der Waals surface area contributed by atoms with Crippen LogP contribution in [-0.2, 0) is 30.8 Å². The van der Waals surface area contributed by atoms with Crippen molar-refractivity contribution < 1.29 is 4.74 Å². The quantitative estimate of drug-likeness (QED) is 0.775. The number of aromatic nitrogens is 3. The Balaban J connectivity index is 1.31. The number of nitrogens with zero attached hydrogens (tertiary/aromatic N) is 4. The Morgan fingerprint density at radius 2 is 2.09 bits per heavy atom. The molecule has 0 amide bonds. The van der Waals surface area contributed by atoms with Crippen LogP contribution in [0.5, 0.6) is 0 Å². The zero-order chi connectivity index (χ0) is 22.2. The molecule has 0 spiro atoms. The number of aromatic amines is 1. The normalized spacial score (nSPS) is 24.2. The summed E-state index contributed by atoms with van der Waals surface area (Å²) < 4.78 is 8.29. The highest BCUT2D eigenvalue weighted by Crippen LogP contribution is 2.25. The first-order valence-corrected chi connectivity index (χ1v) is 12.3. The fourth-order valence-corrected chi connectivity index (χ4v) is 5.69. The van der Waals surface area contributed by atoms with Gasteiger partial charge < -0.3 is 14.2 Å². The van der Waals surface area contributed by atoms with Gasteiger partial charge in [-0.15, -0.1) is 0 Å². The molecule has 3 aliphatic heterocycles. The van der Waals surface area contributed by atoms with Crippen LogP contribution in [0.2, 0.25) is 0 Å². The third-order valence-corrected chi connectivity index (χ3v) is 7.58. The van der Waals surface area contributed by atoms with Crippen molar-refractivity contribution in [3.05, 3.63) is 44.6 Å². The minimum Gasteiger partial charge on any atom is -0.376 e. The Morgan fingerprint density at radius 1 is 1.22 bits per heavy atom. The molecular formula is C25H37N5O2. The Labute approximate surface area is 190 Å². The number of anilines is 1. The number of piperidine rings is 1. The van der Waals surface area contributed by atoms with Gasteiger partial charge in [0.25, 0.3) is 5.56 Å². The van der Waals surface area contributed by atoms with Crippen molar-refractivity contribution in [2.45, 2.75) is 78.6 Å². The molecule has 0 radical (unpaired) electrons. The van der Waals surface area contributed by atoms with Gasteiger partial charge in [-0.2, -0.15) is 0 Å². The van der Waals surface area contributed by atoms with E-state index in [9.17, 15) is 4.79 Å². The van der Waals surface area contributed by atoms with E-state index in [4.69, 9.17) is 9.72 Å². The number of aryl methyl sites for hydroxylation is 1. The van der Waals surface area contributed by atoms with E-state index in [1.807, 2.05) is 0 Å². The molecule has 174 valence electrons.